The van der Waals surface area contributed by atoms with Gasteiger partial charge in [0.05, 0.1) is 17.3 Å². The van der Waals surface area contributed by atoms with Crippen LogP contribution in [0.15, 0.2) is 78.4 Å². The maximum absolute atomic E-state index is 12.8. The number of hydrogen-bond donors (Lipinski definition) is 5. The van der Waals surface area contributed by atoms with E-state index in [2.05, 4.69) is 59.5 Å². The summed E-state index contributed by atoms with van der Waals surface area (Å²) in [5, 5.41) is 18.4. The third-order valence-corrected chi connectivity index (χ3v) is 12.7. The fourth-order valence-electron chi connectivity index (χ4n) is 9.63. The van der Waals surface area contributed by atoms with Gasteiger partial charge in [0.1, 0.15) is 23.3 Å². The van der Waals surface area contributed by atoms with E-state index in [9.17, 15) is 14.7 Å². The van der Waals surface area contributed by atoms with Crippen molar-refractivity contribution in [3.05, 3.63) is 89.5 Å². The van der Waals surface area contributed by atoms with Crippen molar-refractivity contribution in [2.45, 2.75) is 62.7 Å². The minimum Gasteiger partial charge on any atom is -0.507 e. The van der Waals surface area contributed by atoms with E-state index in [0.29, 0.717) is 48.0 Å². The Morgan fingerprint density at radius 3 is 2.55 bits per heavy atom. The number of aryl methyl sites for hydroxylation is 1. The van der Waals surface area contributed by atoms with Crippen LogP contribution in [0.5, 0.6) is 5.75 Å². The van der Waals surface area contributed by atoms with Crippen molar-refractivity contribution >= 4 is 39.4 Å². The largest absolute Gasteiger partial charge is 0.507 e. The SMILES string of the molecule is NC1=C(/C=C(\N)c2ccccc2O)N2CCN(C3CN(C4CCN(CCCc5ccc6c(c5)c5cccnc5n6C5CCC(=O)NC5=O)CC4)C3)CC2CN1. The second-order valence-corrected chi connectivity index (χ2v) is 16.0. The zero-order valence-electron chi connectivity index (χ0n) is 31.4. The Balaban J connectivity index is 0.742. The number of pyridine rings is 1. The Labute approximate surface area is 321 Å². The second-order valence-electron chi connectivity index (χ2n) is 16.0. The van der Waals surface area contributed by atoms with Crippen LogP contribution in [-0.2, 0) is 16.0 Å². The number of fused-ring (bicyclic) bond motifs is 4. The summed E-state index contributed by atoms with van der Waals surface area (Å²) >= 11 is 0. The summed E-state index contributed by atoms with van der Waals surface area (Å²) < 4.78 is 2.02. The molecule has 7 heterocycles. The molecule has 0 saturated carbocycles. The van der Waals surface area contributed by atoms with Crippen LogP contribution in [-0.4, -0.2) is 123 Å². The number of allylic oxidation sites excluding steroid dienone is 1. The van der Waals surface area contributed by atoms with E-state index < -0.39 is 6.04 Å². The average Bonchev–Trinajstić information content (AvgIpc) is 3.49. The maximum Gasteiger partial charge on any atom is 0.249 e. The molecule has 288 valence electrons. The van der Waals surface area contributed by atoms with Gasteiger partial charge in [0.2, 0.25) is 11.8 Å². The molecule has 4 fully saturated rings. The van der Waals surface area contributed by atoms with E-state index in [1.54, 1.807) is 18.3 Å². The molecule has 2 amide bonds. The molecule has 5 aliphatic rings. The number of para-hydroxylation sites is 1. The molecule has 13 nitrogen and oxygen atoms in total. The number of aromatic nitrogens is 2. The molecule has 2 aromatic carbocycles. The second kappa shape index (κ2) is 14.9. The fourth-order valence-corrected chi connectivity index (χ4v) is 9.63. The van der Waals surface area contributed by atoms with Crippen molar-refractivity contribution < 1.29 is 14.7 Å². The van der Waals surface area contributed by atoms with Crippen molar-refractivity contribution in [1.82, 2.24) is 39.8 Å². The van der Waals surface area contributed by atoms with Crippen molar-refractivity contribution in [3.63, 3.8) is 0 Å². The normalized spacial score (nSPS) is 23.9. The lowest BCUT2D eigenvalue weighted by Gasteiger charge is -2.54. The lowest BCUT2D eigenvalue weighted by atomic mass is 9.95. The molecule has 0 bridgehead atoms. The van der Waals surface area contributed by atoms with E-state index >= 15 is 0 Å². The fraction of sp³-hybridized carbons (Fsp3) is 0.452. The summed E-state index contributed by atoms with van der Waals surface area (Å²) in [6, 6.07) is 18.9. The summed E-state index contributed by atoms with van der Waals surface area (Å²) in [6.45, 7) is 9.40. The first-order valence-electron chi connectivity index (χ1n) is 20.0. The highest BCUT2D eigenvalue weighted by Gasteiger charge is 2.41. The van der Waals surface area contributed by atoms with Gasteiger partial charge in [-0.2, -0.15) is 0 Å². The van der Waals surface area contributed by atoms with Gasteiger partial charge in [0.15, 0.2) is 0 Å². The van der Waals surface area contributed by atoms with E-state index in [4.69, 9.17) is 11.5 Å². The van der Waals surface area contributed by atoms with E-state index in [1.807, 2.05) is 28.8 Å². The first-order valence-corrected chi connectivity index (χ1v) is 20.0. The number of amides is 2. The Bertz CT molecular complexity index is 2160. The summed E-state index contributed by atoms with van der Waals surface area (Å²) in [5.74, 6) is 0.346. The number of rotatable bonds is 9. The zero-order chi connectivity index (χ0) is 37.6. The van der Waals surface area contributed by atoms with Crippen LogP contribution >= 0.6 is 0 Å². The summed E-state index contributed by atoms with van der Waals surface area (Å²) in [5.41, 5.74) is 18.0. The number of likely N-dealkylation sites (tertiary alicyclic amines) is 2. The quantitative estimate of drug-likeness (QED) is 0.160. The van der Waals surface area contributed by atoms with E-state index in [1.165, 1.54) is 18.4 Å². The number of phenols is 1. The minimum atomic E-state index is -0.438. The molecule has 4 aromatic rings. The number of piperidine rings is 2. The lowest BCUT2D eigenvalue weighted by Crippen LogP contribution is -2.68. The number of nitrogens with two attached hydrogens (primary N) is 2. The molecule has 4 saturated heterocycles. The van der Waals surface area contributed by atoms with Crippen molar-refractivity contribution in [2.24, 2.45) is 11.5 Å². The van der Waals surface area contributed by atoms with Crippen LogP contribution in [0.4, 0.5) is 0 Å². The molecule has 2 aromatic heterocycles. The number of nitrogens with one attached hydrogen (secondary N) is 2. The monoisotopic (exact) mass is 744 g/mol. The van der Waals surface area contributed by atoms with Crippen LogP contribution in [0.25, 0.3) is 27.6 Å². The van der Waals surface area contributed by atoms with Crippen LogP contribution in [0, 0.1) is 0 Å². The number of carbonyl (C=O) groups is 2. The molecule has 5 aliphatic heterocycles. The minimum absolute atomic E-state index is 0.167. The van der Waals surface area contributed by atoms with Crippen LogP contribution < -0.4 is 22.1 Å². The van der Waals surface area contributed by atoms with Gasteiger partial charge in [-0.3, -0.25) is 24.7 Å². The Morgan fingerprint density at radius 2 is 1.73 bits per heavy atom. The third-order valence-electron chi connectivity index (χ3n) is 12.7. The smallest absolute Gasteiger partial charge is 0.249 e. The topological polar surface area (TPSA) is 161 Å². The standard InChI is InChI=1S/C42H52N10O3/c43-34(32-6-1-2-8-38(32)53)22-37-40(44)46-23-29-24-49(19-20-51(29)37)30-25-50(26-30)28-13-17-48(18-14-28)16-4-5-27-9-10-35-33(21-27)31-7-3-15-45-41(31)52(35)36-11-12-39(54)47-42(36)55/h1-3,6-10,15,21-22,28-30,36,46,53H,4-5,11-14,16-20,23-26,43-44H2,(H,47,54,55)/b34-22-. The highest BCUT2D eigenvalue weighted by atomic mass is 16.3. The van der Waals surface area contributed by atoms with Crippen LogP contribution in [0.1, 0.15) is 49.3 Å². The van der Waals surface area contributed by atoms with Crippen molar-refractivity contribution in [3.8, 4) is 5.75 Å². The van der Waals surface area contributed by atoms with Gasteiger partial charge in [0.25, 0.3) is 0 Å². The molecule has 0 radical (unpaired) electrons. The average molecular weight is 745 g/mol. The van der Waals surface area contributed by atoms with E-state index in [-0.39, 0.29) is 17.6 Å². The van der Waals surface area contributed by atoms with Gasteiger partial charge in [-0.15, -0.1) is 0 Å². The van der Waals surface area contributed by atoms with Gasteiger partial charge in [-0.1, -0.05) is 18.2 Å². The molecule has 0 aliphatic carbocycles. The molecule has 13 heteroatoms. The summed E-state index contributed by atoms with van der Waals surface area (Å²) in [6.07, 6.45) is 9.06. The lowest BCUT2D eigenvalue weighted by molar-refractivity contribution is -0.135. The maximum atomic E-state index is 12.8. The third kappa shape index (κ3) is 6.89. The Kier molecular flexibility index (Phi) is 9.61. The Hall–Kier alpha value is -5.11. The predicted molar refractivity (Wildman–Crippen MR) is 213 cm³/mol. The number of aromatic hydroxyl groups is 1. The van der Waals surface area contributed by atoms with Crippen molar-refractivity contribution in [1.29, 1.82) is 0 Å². The summed E-state index contributed by atoms with van der Waals surface area (Å²) in [7, 11) is 0. The first kappa shape index (κ1) is 35.6. The number of imide groups is 1. The number of carbonyl (C=O) groups excluding carboxylic acids is 2. The molecule has 7 N–H and O–H groups in total. The highest BCUT2D eigenvalue weighted by Crippen LogP contribution is 2.35. The predicted octanol–water partition coefficient (Wildman–Crippen LogP) is 2.67. The molecular formula is C42H52N10O3. The highest BCUT2D eigenvalue weighted by molar-refractivity contribution is 6.09. The van der Waals surface area contributed by atoms with Crippen molar-refractivity contribution in [2.75, 3.05) is 58.9 Å². The van der Waals surface area contributed by atoms with Gasteiger partial charge in [-0.25, -0.2) is 4.98 Å². The number of phenolic OH excluding ortho intramolecular Hbond substituents is 1. The number of benzene rings is 2. The van der Waals surface area contributed by atoms with Crippen LogP contribution in [0.2, 0.25) is 0 Å². The molecule has 0 spiro atoms. The Morgan fingerprint density at radius 1 is 0.909 bits per heavy atom. The van der Waals surface area contributed by atoms with Crippen LogP contribution in [0.3, 0.4) is 0 Å². The van der Waals surface area contributed by atoms with Gasteiger partial charge in [0, 0.05) is 86.0 Å². The molecule has 55 heavy (non-hydrogen) atoms. The van der Waals surface area contributed by atoms with Gasteiger partial charge < -0.3 is 36.3 Å². The molecule has 2 unspecified atom stereocenters. The number of hydrogen-bond acceptors (Lipinski definition) is 11. The molecule has 9 rings (SSSR count). The number of piperazine rings is 1. The van der Waals surface area contributed by atoms with Gasteiger partial charge in [-0.05, 0) is 99.8 Å². The number of nitrogens with zero attached hydrogens (tertiary/aromatic N) is 6. The van der Waals surface area contributed by atoms with Gasteiger partial charge >= 0.3 is 0 Å². The molecule has 2 atom stereocenters. The van der Waals surface area contributed by atoms with E-state index in [0.717, 1.165) is 99.4 Å². The molecular weight excluding hydrogens is 693 g/mol. The summed E-state index contributed by atoms with van der Waals surface area (Å²) in [4.78, 5) is 39.7. The first-order chi connectivity index (χ1) is 26.8. The zero-order valence-corrected chi connectivity index (χ0v) is 31.4.